The summed E-state index contributed by atoms with van der Waals surface area (Å²) in [5.74, 6) is -0.360. The Morgan fingerprint density at radius 1 is 1.28 bits per heavy atom. The molecule has 2 N–H and O–H groups in total. The molecule has 0 aliphatic rings. The van der Waals surface area contributed by atoms with Crippen LogP contribution in [0.5, 0.6) is 0 Å². The lowest BCUT2D eigenvalue weighted by molar-refractivity contribution is -0.384. The number of benzene rings is 2. The van der Waals surface area contributed by atoms with Crippen molar-refractivity contribution >= 4 is 71.5 Å². The number of aromatic nitrogens is 1. The van der Waals surface area contributed by atoms with Crippen LogP contribution < -0.4 is 10.6 Å². The number of thiazole rings is 1. The minimum atomic E-state index is -0.463. The van der Waals surface area contributed by atoms with Crippen LogP contribution in [0.15, 0.2) is 46.9 Å². The molecule has 0 aliphatic carbocycles. The number of non-ortho nitro benzene ring substituents is 1. The molecule has 1 amide bonds. The Balaban J connectivity index is 1.72. The van der Waals surface area contributed by atoms with E-state index in [2.05, 4.69) is 31.5 Å². The number of nitrogens with zero attached hydrogens (tertiary/aromatic N) is 2. The highest BCUT2D eigenvalue weighted by atomic mass is 79.9. The lowest BCUT2D eigenvalue weighted by Crippen LogP contribution is -2.34. The van der Waals surface area contributed by atoms with Crippen LogP contribution in [0.2, 0.25) is 0 Å². The SMILES string of the molecule is O=C(NC(=S)Nc1nc2ccc([N+](=O)[O-])cc2s1)c1ccccc1Br. The van der Waals surface area contributed by atoms with Crippen molar-refractivity contribution in [2.24, 2.45) is 0 Å². The molecule has 0 saturated carbocycles. The number of nitro groups is 1. The molecule has 1 aromatic heterocycles. The molecule has 3 rings (SSSR count). The van der Waals surface area contributed by atoms with Crippen LogP contribution in [-0.2, 0) is 0 Å². The maximum Gasteiger partial charge on any atom is 0.270 e. The largest absolute Gasteiger partial charge is 0.308 e. The Kier molecular flexibility index (Phi) is 5.02. The number of carbonyl (C=O) groups excluding carboxylic acids is 1. The average Bonchev–Trinajstić information content (AvgIpc) is 2.95. The first kappa shape index (κ1) is 17.4. The number of fused-ring (bicyclic) bond motifs is 1. The van der Waals surface area contributed by atoms with Crippen molar-refractivity contribution in [3.63, 3.8) is 0 Å². The molecule has 126 valence electrons. The molecule has 0 aliphatic heterocycles. The van der Waals surface area contributed by atoms with Crippen LogP contribution in [-0.4, -0.2) is 20.9 Å². The van der Waals surface area contributed by atoms with E-state index in [9.17, 15) is 14.9 Å². The van der Waals surface area contributed by atoms with Gasteiger partial charge < -0.3 is 5.32 Å². The van der Waals surface area contributed by atoms with E-state index in [-0.39, 0.29) is 16.7 Å². The summed E-state index contributed by atoms with van der Waals surface area (Å²) in [6.07, 6.45) is 0. The zero-order chi connectivity index (χ0) is 18.0. The predicted molar refractivity (Wildman–Crippen MR) is 104 cm³/mol. The van der Waals surface area contributed by atoms with Gasteiger partial charge >= 0.3 is 0 Å². The zero-order valence-corrected chi connectivity index (χ0v) is 15.6. The Labute approximate surface area is 159 Å². The number of nitrogens with one attached hydrogen (secondary N) is 2. The number of rotatable bonds is 3. The standard InChI is InChI=1S/C15H9BrN4O3S2/c16-10-4-2-1-3-9(10)13(21)18-14(24)19-15-17-11-6-5-8(20(22)23)7-12(11)25-15/h1-7H,(H2,17,18,19,21,24). The van der Waals surface area contributed by atoms with E-state index in [0.717, 1.165) is 0 Å². The van der Waals surface area contributed by atoms with Gasteiger partial charge in [0.05, 0.1) is 20.7 Å². The summed E-state index contributed by atoms with van der Waals surface area (Å²) in [5.41, 5.74) is 1.05. The molecule has 0 saturated heterocycles. The highest BCUT2D eigenvalue weighted by Gasteiger charge is 2.13. The summed E-state index contributed by atoms with van der Waals surface area (Å²) < 4.78 is 1.30. The summed E-state index contributed by atoms with van der Waals surface area (Å²) in [7, 11) is 0. The van der Waals surface area contributed by atoms with Crippen molar-refractivity contribution in [2.45, 2.75) is 0 Å². The van der Waals surface area contributed by atoms with E-state index >= 15 is 0 Å². The van der Waals surface area contributed by atoms with Crippen LogP contribution >= 0.6 is 39.5 Å². The van der Waals surface area contributed by atoms with Gasteiger partial charge in [0.25, 0.3) is 11.6 Å². The summed E-state index contributed by atoms with van der Waals surface area (Å²) in [4.78, 5) is 26.8. The number of anilines is 1. The van der Waals surface area contributed by atoms with Gasteiger partial charge in [-0.05, 0) is 46.3 Å². The number of hydrogen-bond acceptors (Lipinski definition) is 6. The molecular weight excluding hydrogens is 428 g/mol. The lowest BCUT2D eigenvalue weighted by atomic mass is 10.2. The van der Waals surface area contributed by atoms with Gasteiger partial charge in [-0.15, -0.1) is 0 Å². The van der Waals surface area contributed by atoms with Gasteiger partial charge in [-0.3, -0.25) is 20.2 Å². The molecule has 2 aromatic carbocycles. The molecule has 7 nitrogen and oxygen atoms in total. The van der Waals surface area contributed by atoms with Crippen LogP contribution in [0.1, 0.15) is 10.4 Å². The highest BCUT2D eigenvalue weighted by Crippen LogP contribution is 2.29. The second-order valence-corrected chi connectivity index (χ2v) is 7.11. The van der Waals surface area contributed by atoms with E-state index in [4.69, 9.17) is 12.2 Å². The van der Waals surface area contributed by atoms with Gasteiger partial charge in [-0.2, -0.15) is 0 Å². The Bertz CT molecular complexity index is 1010. The smallest absolute Gasteiger partial charge is 0.270 e. The van der Waals surface area contributed by atoms with Gasteiger partial charge in [0.2, 0.25) is 0 Å². The third-order valence-electron chi connectivity index (χ3n) is 3.15. The van der Waals surface area contributed by atoms with Crippen molar-refractivity contribution in [1.82, 2.24) is 10.3 Å². The summed E-state index contributed by atoms with van der Waals surface area (Å²) in [6.45, 7) is 0. The van der Waals surface area contributed by atoms with Crippen molar-refractivity contribution in [1.29, 1.82) is 0 Å². The minimum Gasteiger partial charge on any atom is -0.308 e. The zero-order valence-electron chi connectivity index (χ0n) is 12.4. The van der Waals surface area contributed by atoms with E-state index in [1.165, 1.54) is 23.5 Å². The van der Waals surface area contributed by atoms with E-state index in [0.29, 0.717) is 25.4 Å². The van der Waals surface area contributed by atoms with Gasteiger partial charge in [0.1, 0.15) is 0 Å². The summed E-state index contributed by atoms with van der Waals surface area (Å²) in [6, 6.07) is 11.4. The molecule has 25 heavy (non-hydrogen) atoms. The van der Waals surface area contributed by atoms with Gasteiger partial charge in [0, 0.05) is 16.6 Å². The van der Waals surface area contributed by atoms with Crippen LogP contribution in [0.4, 0.5) is 10.8 Å². The molecule has 0 spiro atoms. The van der Waals surface area contributed by atoms with Crippen LogP contribution in [0, 0.1) is 10.1 Å². The van der Waals surface area contributed by atoms with Crippen molar-refractivity contribution in [3.05, 3.63) is 62.6 Å². The molecule has 0 radical (unpaired) electrons. The molecule has 10 heteroatoms. The number of hydrogen-bond donors (Lipinski definition) is 2. The van der Waals surface area contributed by atoms with E-state index < -0.39 is 4.92 Å². The first-order chi connectivity index (χ1) is 11.9. The van der Waals surface area contributed by atoms with E-state index in [1.54, 1.807) is 30.3 Å². The fraction of sp³-hybridized carbons (Fsp3) is 0. The number of amides is 1. The van der Waals surface area contributed by atoms with E-state index in [1.807, 2.05) is 0 Å². The average molecular weight is 437 g/mol. The number of halogens is 1. The molecule has 3 aromatic rings. The fourth-order valence-electron chi connectivity index (χ4n) is 2.02. The second kappa shape index (κ2) is 7.21. The quantitative estimate of drug-likeness (QED) is 0.364. The lowest BCUT2D eigenvalue weighted by Gasteiger charge is -2.08. The summed E-state index contributed by atoms with van der Waals surface area (Å²) >= 11 is 9.64. The summed E-state index contributed by atoms with van der Waals surface area (Å²) in [5, 5.41) is 16.7. The molecule has 0 atom stereocenters. The molecule has 0 fully saturated rings. The maximum absolute atomic E-state index is 12.2. The number of nitro benzene ring substituents is 1. The Hall–Kier alpha value is -2.43. The highest BCUT2D eigenvalue weighted by molar-refractivity contribution is 9.10. The molecule has 0 unspecified atom stereocenters. The molecule has 0 bridgehead atoms. The van der Waals surface area contributed by atoms with Crippen molar-refractivity contribution in [2.75, 3.05) is 5.32 Å². The van der Waals surface area contributed by atoms with Crippen LogP contribution in [0.25, 0.3) is 10.2 Å². The van der Waals surface area contributed by atoms with Crippen molar-refractivity contribution in [3.8, 4) is 0 Å². The predicted octanol–water partition coefficient (Wildman–Crippen LogP) is 4.09. The number of carbonyl (C=O) groups is 1. The second-order valence-electron chi connectivity index (χ2n) is 4.82. The third kappa shape index (κ3) is 3.98. The monoisotopic (exact) mass is 436 g/mol. The first-order valence-corrected chi connectivity index (χ1v) is 8.87. The minimum absolute atomic E-state index is 0.00694. The maximum atomic E-state index is 12.2. The van der Waals surface area contributed by atoms with Crippen LogP contribution in [0.3, 0.4) is 0 Å². The fourth-order valence-corrected chi connectivity index (χ4v) is 3.65. The topological polar surface area (TPSA) is 97.2 Å². The number of thiocarbonyl (C=S) groups is 1. The molecule has 1 heterocycles. The molecular formula is C15H9BrN4O3S2. The van der Waals surface area contributed by atoms with Gasteiger partial charge in [-0.25, -0.2) is 4.98 Å². The van der Waals surface area contributed by atoms with Gasteiger partial charge in [-0.1, -0.05) is 23.5 Å². The van der Waals surface area contributed by atoms with Crippen molar-refractivity contribution < 1.29 is 9.72 Å². The third-order valence-corrected chi connectivity index (χ3v) is 4.98. The normalized spacial score (nSPS) is 10.4. The Morgan fingerprint density at radius 3 is 2.76 bits per heavy atom. The van der Waals surface area contributed by atoms with Gasteiger partial charge in [0.15, 0.2) is 10.2 Å². The first-order valence-electron chi connectivity index (χ1n) is 6.86. The Morgan fingerprint density at radius 2 is 2.04 bits per heavy atom.